The molecule has 19 heavy (non-hydrogen) atoms. The van der Waals surface area contributed by atoms with Crippen LogP contribution in [-0.4, -0.2) is 40.1 Å². The highest BCUT2D eigenvalue weighted by Crippen LogP contribution is 2.18. The Kier molecular flexibility index (Phi) is 7.48. The SMILES string of the molecule is CCNC(COC(C)COC)c1ccc(OC)cc1. The molecule has 0 aliphatic rings. The first kappa shape index (κ1) is 16.0. The molecule has 0 amide bonds. The molecule has 4 heteroatoms. The van der Waals surface area contributed by atoms with Gasteiger partial charge < -0.3 is 19.5 Å². The smallest absolute Gasteiger partial charge is 0.118 e. The summed E-state index contributed by atoms with van der Waals surface area (Å²) in [6.45, 7) is 6.25. The zero-order valence-electron chi connectivity index (χ0n) is 12.3. The molecule has 4 nitrogen and oxygen atoms in total. The van der Waals surface area contributed by atoms with Crippen LogP contribution in [0.3, 0.4) is 0 Å². The number of likely N-dealkylation sites (N-methyl/N-ethyl adjacent to an activating group) is 1. The van der Waals surface area contributed by atoms with Crippen molar-refractivity contribution >= 4 is 0 Å². The molecule has 0 radical (unpaired) electrons. The standard InChI is InChI=1S/C15H25NO3/c1-5-16-15(11-19-12(2)10-17-3)13-6-8-14(18-4)9-7-13/h6-9,12,15-16H,5,10-11H2,1-4H3. The van der Waals surface area contributed by atoms with Gasteiger partial charge in [0.1, 0.15) is 5.75 Å². The Labute approximate surface area is 116 Å². The van der Waals surface area contributed by atoms with E-state index < -0.39 is 0 Å². The number of rotatable bonds is 9. The Balaban J connectivity index is 2.59. The number of methoxy groups -OCH3 is 2. The zero-order chi connectivity index (χ0) is 14.1. The quantitative estimate of drug-likeness (QED) is 0.746. The molecule has 0 fully saturated rings. The molecule has 0 saturated carbocycles. The van der Waals surface area contributed by atoms with Gasteiger partial charge in [0, 0.05) is 7.11 Å². The summed E-state index contributed by atoms with van der Waals surface area (Å²) in [4.78, 5) is 0. The molecule has 0 heterocycles. The van der Waals surface area contributed by atoms with Gasteiger partial charge in [-0.3, -0.25) is 0 Å². The Morgan fingerprint density at radius 2 is 1.79 bits per heavy atom. The van der Waals surface area contributed by atoms with Crippen LogP contribution < -0.4 is 10.1 Å². The van der Waals surface area contributed by atoms with Crippen molar-refractivity contribution in [2.75, 3.05) is 34.0 Å². The van der Waals surface area contributed by atoms with Gasteiger partial charge in [-0.05, 0) is 31.2 Å². The first-order valence-electron chi connectivity index (χ1n) is 6.69. The molecule has 108 valence electrons. The highest BCUT2D eigenvalue weighted by atomic mass is 16.5. The summed E-state index contributed by atoms with van der Waals surface area (Å²) < 4.78 is 16.0. The lowest BCUT2D eigenvalue weighted by Crippen LogP contribution is -2.28. The average molecular weight is 267 g/mol. The monoisotopic (exact) mass is 267 g/mol. The maximum absolute atomic E-state index is 5.79. The van der Waals surface area contributed by atoms with Gasteiger partial charge in [0.25, 0.3) is 0 Å². The summed E-state index contributed by atoms with van der Waals surface area (Å²) in [5.74, 6) is 0.868. The minimum absolute atomic E-state index is 0.101. The molecule has 0 aromatic heterocycles. The minimum atomic E-state index is 0.101. The van der Waals surface area contributed by atoms with E-state index in [1.807, 2.05) is 19.1 Å². The van der Waals surface area contributed by atoms with Gasteiger partial charge in [-0.1, -0.05) is 19.1 Å². The van der Waals surface area contributed by atoms with Crippen molar-refractivity contribution in [3.8, 4) is 5.75 Å². The highest BCUT2D eigenvalue weighted by molar-refractivity contribution is 5.29. The maximum atomic E-state index is 5.79. The van der Waals surface area contributed by atoms with Crippen LogP contribution in [0.5, 0.6) is 5.75 Å². The van der Waals surface area contributed by atoms with Crippen LogP contribution in [0.1, 0.15) is 25.5 Å². The minimum Gasteiger partial charge on any atom is -0.497 e. The summed E-state index contributed by atoms with van der Waals surface area (Å²) >= 11 is 0. The molecule has 0 aliphatic heterocycles. The highest BCUT2D eigenvalue weighted by Gasteiger charge is 2.12. The fourth-order valence-electron chi connectivity index (χ4n) is 1.90. The van der Waals surface area contributed by atoms with Gasteiger partial charge in [0.15, 0.2) is 0 Å². The van der Waals surface area contributed by atoms with Gasteiger partial charge in [-0.2, -0.15) is 0 Å². The summed E-state index contributed by atoms with van der Waals surface area (Å²) in [5.41, 5.74) is 1.20. The predicted octanol–water partition coefficient (Wildman–Crippen LogP) is 2.40. The van der Waals surface area contributed by atoms with E-state index in [0.29, 0.717) is 13.2 Å². The van der Waals surface area contributed by atoms with Gasteiger partial charge in [-0.15, -0.1) is 0 Å². The van der Waals surface area contributed by atoms with Crippen molar-refractivity contribution < 1.29 is 14.2 Å². The largest absolute Gasteiger partial charge is 0.497 e. The maximum Gasteiger partial charge on any atom is 0.118 e. The van der Waals surface area contributed by atoms with Crippen LogP contribution in [0.25, 0.3) is 0 Å². The van der Waals surface area contributed by atoms with Crippen LogP contribution in [0.2, 0.25) is 0 Å². The summed E-state index contributed by atoms with van der Waals surface area (Å²) in [5, 5.41) is 3.43. The van der Waals surface area contributed by atoms with Crippen LogP contribution in [-0.2, 0) is 9.47 Å². The predicted molar refractivity (Wildman–Crippen MR) is 76.7 cm³/mol. The molecule has 1 aromatic rings. The van der Waals surface area contributed by atoms with Crippen molar-refractivity contribution in [3.05, 3.63) is 29.8 Å². The molecular formula is C15H25NO3. The molecule has 1 rings (SSSR count). The lowest BCUT2D eigenvalue weighted by molar-refractivity contribution is -0.000388. The van der Waals surface area contributed by atoms with E-state index >= 15 is 0 Å². The van der Waals surface area contributed by atoms with E-state index in [1.165, 1.54) is 5.56 Å². The van der Waals surface area contributed by atoms with E-state index in [-0.39, 0.29) is 12.1 Å². The molecule has 0 spiro atoms. The molecule has 1 N–H and O–H groups in total. The van der Waals surface area contributed by atoms with Gasteiger partial charge in [-0.25, -0.2) is 0 Å². The molecule has 0 saturated heterocycles. The van der Waals surface area contributed by atoms with E-state index in [2.05, 4.69) is 24.4 Å². The first-order chi connectivity index (χ1) is 9.21. The third-order valence-electron chi connectivity index (χ3n) is 2.92. The van der Waals surface area contributed by atoms with Crippen molar-refractivity contribution in [3.63, 3.8) is 0 Å². The summed E-state index contributed by atoms with van der Waals surface area (Å²) in [7, 11) is 3.36. The fraction of sp³-hybridized carbons (Fsp3) is 0.600. The second-order valence-corrected chi connectivity index (χ2v) is 4.48. The molecular weight excluding hydrogens is 242 g/mol. The Morgan fingerprint density at radius 3 is 2.32 bits per heavy atom. The third kappa shape index (κ3) is 5.59. The van der Waals surface area contributed by atoms with E-state index in [4.69, 9.17) is 14.2 Å². The van der Waals surface area contributed by atoms with Crippen molar-refractivity contribution in [1.82, 2.24) is 5.32 Å². The van der Waals surface area contributed by atoms with Gasteiger partial charge in [0.05, 0.1) is 32.5 Å². The topological polar surface area (TPSA) is 39.7 Å². The number of nitrogens with one attached hydrogen (secondary N) is 1. The van der Waals surface area contributed by atoms with Crippen LogP contribution in [0.4, 0.5) is 0 Å². The van der Waals surface area contributed by atoms with Crippen molar-refractivity contribution in [2.24, 2.45) is 0 Å². The van der Waals surface area contributed by atoms with Gasteiger partial charge in [0.2, 0.25) is 0 Å². The molecule has 0 aliphatic carbocycles. The Hall–Kier alpha value is -1.10. The normalized spacial score (nSPS) is 14.1. The van der Waals surface area contributed by atoms with Crippen LogP contribution >= 0.6 is 0 Å². The fourth-order valence-corrected chi connectivity index (χ4v) is 1.90. The summed E-state index contributed by atoms with van der Waals surface area (Å²) in [6, 6.07) is 8.26. The molecule has 2 unspecified atom stereocenters. The molecule has 2 atom stereocenters. The van der Waals surface area contributed by atoms with E-state index in [9.17, 15) is 0 Å². The third-order valence-corrected chi connectivity index (χ3v) is 2.92. The van der Waals surface area contributed by atoms with Crippen LogP contribution in [0.15, 0.2) is 24.3 Å². The lowest BCUT2D eigenvalue weighted by Gasteiger charge is -2.21. The van der Waals surface area contributed by atoms with E-state index in [0.717, 1.165) is 12.3 Å². The van der Waals surface area contributed by atoms with Crippen LogP contribution in [0, 0.1) is 0 Å². The number of benzene rings is 1. The second-order valence-electron chi connectivity index (χ2n) is 4.48. The number of hydrogen-bond acceptors (Lipinski definition) is 4. The number of ether oxygens (including phenoxy) is 3. The van der Waals surface area contributed by atoms with Gasteiger partial charge >= 0.3 is 0 Å². The first-order valence-corrected chi connectivity index (χ1v) is 6.69. The lowest BCUT2D eigenvalue weighted by atomic mass is 10.1. The average Bonchev–Trinajstić information content (AvgIpc) is 2.44. The number of hydrogen-bond donors (Lipinski definition) is 1. The Morgan fingerprint density at radius 1 is 1.11 bits per heavy atom. The second kappa shape index (κ2) is 8.91. The van der Waals surface area contributed by atoms with Crippen molar-refractivity contribution in [1.29, 1.82) is 0 Å². The molecule has 1 aromatic carbocycles. The molecule has 0 bridgehead atoms. The van der Waals surface area contributed by atoms with E-state index in [1.54, 1.807) is 14.2 Å². The summed E-state index contributed by atoms with van der Waals surface area (Å²) in [6.07, 6.45) is 0.101. The Bertz CT molecular complexity index is 340. The zero-order valence-corrected chi connectivity index (χ0v) is 12.3. The van der Waals surface area contributed by atoms with Crippen molar-refractivity contribution in [2.45, 2.75) is 26.0 Å².